The average molecular weight is 335 g/mol. The fraction of sp³-hybridized carbons (Fsp3) is 1.00. The second-order valence-electron chi connectivity index (χ2n) is 10.8. The summed E-state index contributed by atoms with van der Waals surface area (Å²) in [5.41, 5.74) is 0.402. The number of hydrogen-bond donors (Lipinski definition) is 2. The molecule has 0 aromatic carbocycles. The monoisotopic (exact) mass is 334 g/mol. The van der Waals surface area contributed by atoms with E-state index in [0.717, 1.165) is 36.5 Å². The molecule has 0 bridgehead atoms. The molecule has 4 fully saturated rings. The highest BCUT2D eigenvalue weighted by atomic mass is 16.3. The molecule has 9 atom stereocenters. The maximum atomic E-state index is 10.6. The maximum Gasteiger partial charge on any atom is 0.0622 e. The van der Waals surface area contributed by atoms with E-state index in [9.17, 15) is 10.2 Å². The van der Waals surface area contributed by atoms with E-state index in [4.69, 9.17) is 0 Å². The van der Waals surface area contributed by atoms with Crippen LogP contribution in [0, 0.1) is 40.4 Å². The molecule has 138 valence electrons. The van der Waals surface area contributed by atoms with Crippen LogP contribution in [-0.2, 0) is 0 Å². The van der Waals surface area contributed by atoms with Crippen molar-refractivity contribution in [3.05, 3.63) is 0 Å². The third kappa shape index (κ3) is 2.35. The van der Waals surface area contributed by atoms with Crippen molar-refractivity contribution in [2.24, 2.45) is 40.4 Å². The van der Waals surface area contributed by atoms with Crippen molar-refractivity contribution >= 4 is 0 Å². The molecule has 0 amide bonds. The van der Waals surface area contributed by atoms with Gasteiger partial charge in [0.25, 0.3) is 0 Å². The van der Waals surface area contributed by atoms with E-state index in [1.807, 2.05) is 6.92 Å². The number of rotatable bonds is 1. The fourth-order valence-electron chi connectivity index (χ4n) is 8.26. The van der Waals surface area contributed by atoms with Crippen LogP contribution in [0.3, 0.4) is 0 Å². The first kappa shape index (κ1) is 17.3. The maximum absolute atomic E-state index is 10.6. The average Bonchev–Trinajstić information content (AvgIpc) is 2.85. The third-order valence-corrected chi connectivity index (χ3v) is 9.61. The van der Waals surface area contributed by atoms with Crippen LogP contribution in [0.15, 0.2) is 0 Å². The number of fused-ring (bicyclic) bond motifs is 5. The Balaban J connectivity index is 1.60. The van der Waals surface area contributed by atoms with Crippen molar-refractivity contribution in [3.8, 4) is 0 Å². The Bertz CT molecular complexity index is 498. The van der Waals surface area contributed by atoms with Gasteiger partial charge >= 0.3 is 0 Å². The Morgan fingerprint density at radius 3 is 2.25 bits per heavy atom. The Labute approximate surface area is 148 Å². The summed E-state index contributed by atoms with van der Waals surface area (Å²) < 4.78 is 0. The Kier molecular flexibility index (Phi) is 3.94. The van der Waals surface area contributed by atoms with Crippen molar-refractivity contribution in [1.29, 1.82) is 0 Å². The van der Waals surface area contributed by atoms with Crippen molar-refractivity contribution in [3.63, 3.8) is 0 Å². The van der Waals surface area contributed by atoms with Gasteiger partial charge in [-0.25, -0.2) is 0 Å². The molecular weight excluding hydrogens is 296 g/mol. The zero-order chi connectivity index (χ0) is 17.3. The highest BCUT2D eigenvalue weighted by Crippen LogP contribution is 2.68. The van der Waals surface area contributed by atoms with Gasteiger partial charge in [0.1, 0.15) is 0 Å². The minimum absolute atomic E-state index is 0.145. The van der Waals surface area contributed by atoms with Gasteiger partial charge in [-0.2, -0.15) is 0 Å². The van der Waals surface area contributed by atoms with Gasteiger partial charge in [-0.3, -0.25) is 0 Å². The van der Waals surface area contributed by atoms with Crippen molar-refractivity contribution < 1.29 is 10.2 Å². The first-order valence-electron chi connectivity index (χ1n) is 10.6. The van der Waals surface area contributed by atoms with E-state index >= 15 is 0 Å². The van der Waals surface area contributed by atoms with Gasteiger partial charge in [-0.1, -0.05) is 13.8 Å². The summed E-state index contributed by atoms with van der Waals surface area (Å²) in [6.07, 6.45) is 11.0. The van der Waals surface area contributed by atoms with Crippen LogP contribution in [0.25, 0.3) is 0 Å². The van der Waals surface area contributed by atoms with E-state index in [2.05, 4.69) is 20.8 Å². The Morgan fingerprint density at radius 1 is 0.833 bits per heavy atom. The van der Waals surface area contributed by atoms with E-state index in [1.165, 1.54) is 44.9 Å². The van der Waals surface area contributed by atoms with Crippen LogP contribution in [0.1, 0.15) is 85.5 Å². The molecule has 2 nitrogen and oxygen atoms in total. The number of aliphatic hydroxyl groups excluding tert-OH is 1. The zero-order valence-corrected chi connectivity index (χ0v) is 16.2. The summed E-state index contributed by atoms with van der Waals surface area (Å²) in [6, 6.07) is 0. The summed E-state index contributed by atoms with van der Waals surface area (Å²) in [6.45, 7) is 9.14. The van der Waals surface area contributed by atoms with Gasteiger partial charge in [-0.15, -0.1) is 0 Å². The molecule has 0 aliphatic heterocycles. The van der Waals surface area contributed by atoms with Gasteiger partial charge in [0.2, 0.25) is 0 Å². The standard InChI is InChI=1S/C22H38O2/c1-14(23)17-7-8-18-16-6-5-15-13-20(2,24)11-12-21(15,3)19(16)9-10-22(17,18)4/h14-19,23-24H,5-13H2,1-4H3/t14?,15-,16-,17+,18-,19-,20+,21-,22+/m0/s1. The van der Waals surface area contributed by atoms with Crippen LogP contribution >= 0.6 is 0 Å². The van der Waals surface area contributed by atoms with Crippen LogP contribution < -0.4 is 0 Å². The molecule has 2 N–H and O–H groups in total. The molecule has 24 heavy (non-hydrogen) atoms. The highest BCUT2D eigenvalue weighted by Gasteiger charge is 2.61. The summed E-state index contributed by atoms with van der Waals surface area (Å²) in [7, 11) is 0. The smallest absolute Gasteiger partial charge is 0.0622 e. The largest absolute Gasteiger partial charge is 0.393 e. The first-order valence-corrected chi connectivity index (χ1v) is 10.6. The topological polar surface area (TPSA) is 40.5 Å². The lowest BCUT2D eigenvalue weighted by Crippen LogP contribution is -2.55. The van der Waals surface area contributed by atoms with Gasteiger partial charge < -0.3 is 10.2 Å². The molecule has 4 saturated carbocycles. The van der Waals surface area contributed by atoms with Crippen molar-refractivity contribution in [2.45, 2.75) is 97.2 Å². The lowest BCUT2D eigenvalue weighted by atomic mass is 9.44. The first-order chi connectivity index (χ1) is 11.2. The summed E-state index contributed by atoms with van der Waals surface area (Å²) >= 11 is 0. The third-order valence-electron chi connectivity index (χ3n) is 9.61. The lowest BCUT2D eigenvalue weighted by Gasteiger charge is -2.62. The van der Waals surface area contributed by atoms with Gasteiger partial charge in [0.15, 0.2) is 0 Å². The molecular formula is C22H38O2. The van der Waals surface area contributed by atoms with E-state index in [1.54, 1.807) is 0 Å². The predicted molar refractivity (Wildman–Crippen MR) is 97.5 cm³/mol. The quantitative estimate of drug-likeness (QED) is 0.724. The van der Waals surface area contributed by atoms with Crippen LogP contribution in [0.2, 0.25) is 0 Å². The van der Waals surface area contributed by atoms with Gasteiger partial charge in [0.05, 0.1) is 11.7 Å². The van der Waals surface area contributed by atoms with Gasteiger partial charge in [-0.05, 0) is 112 Å². The molecule has 0 aromatic rings. The van der Waals surface area contributed by atoms with E-state index in [0.29, 0.717) is 16.7 Å². The molecule has 4 aliphatic carbocycles. The Morgan fingerprint density at radius 2 is 1.54 bits per heavy atom. The number of hydrogen-bond acceptors (Lipinski definition) is 2. The molecule has 0 radical (unpaired) electrons. The van der Waals surface area contributed by atoms with E-state index < -0.39 is 5.60 Å². The Hall–Kier alpha value is -0.0800. The molecule has 0 spiro atoms. The SMILES string of the molecule is CC(O)[C@H]1CC[C@H]2[C@@H]3CC[C@H]4C[C@](C)(O)CC[C@]4(C)[C@H]3CC[C@]12C. The van der Waals surface area contributed by atoms with E-state index in [-0.39, 0.29) is 6.10 Å². The molecule has 0 saturated heterocycles. The summed E-state index contributed by atoms with van der Waals surface area (Å²) in [5.74, 6) is 3.80. The summed E-state index contributed by atoms with van der Waals surface area (Å²) in [5, 5.41) is 20.9. The molecule has 2 heteroatoms. The minimum atomic E-state index is -0.426. The second kappa shape index (κ2) is 5.46. The fourth-order valence-corrected chi connectivity index (χ4v) is 8.26. The van der Waals surface area contributed by atoms with Crippen molar-refractivity contribution in [2.75, 3.05) is 0 Å². The van der Waals surface area contributed by atoms with Gasteiger partial charge in [0, 0.05) is 0 Å². The molecule has 0 aromatic heterocycles. The zero-order valence-electron chi connectivity index (χ0n) is 16.2. The van der Waals surface area contributed by atoms with Crippen LogP contribution in [0.4, 0.5) is 0 Å². The lowest BCUT2D eigenvalue weighted by molar-refractivity contribution is -0.149. The molecule has 4 aliphatic rings. The van der Waals surface area contributed by atoms with Crippen LogP contribution in [0.5, 0.6) is 0 Å². The predicted octanol–water partition coefficient (Wildman–Crippen LogP) is 4.78. The second-order valence-corrected chi connectivity index (χ2v) is 10.8. The number of aliphatic hydroxyl groups is 2. The molecule has 1 unspecified atom stereocenters. The van der Waals surface area contributed by atoms with Crippen molar-refractivity contribution in [1.82, 2.24) is 0 Å². The normalized spacial score (nSPS) is 58.5. The highest BCUT2D eigenvalue weighted by molar-refractivity contribution is 5.10. The summed E-state index contributed by atoms with van der Waals surface area (Å²) in [4.78, 5) is 0. The minimum Gasteiger partial charge on any atom is -0.393 e. The molecule has 0 heterocycles. The van der Waals surface area contributed by atoms with Crippen LogP contribution in [-0.4, -0.2) is 21.9 Å². The molecule has 4 rings (SSSR count).